The summed E-state index contributed by atoms with van der Waals surface area (Å²) in [6.07, 6.45) is 6.11. The summed E-state index contributed by atoms with van der Waals surface area (Å²) in [6, 6.07) is 0. The van der Waals surface area contributed by atoms with Gasteiger partial charge in [-0.2, -0.15) is 0 Å². The maximum Gasteiger partial charge on any atom is 0.145 e. The zero-order valence-electron chi connectivity index (χ0n) is 7.76. The molecule has 0 bridgehead atoms. The molecule has 64 valence electrons. The van der Waals surface area contributed by atoms with Gasteiger partial charge in [-0.15, -0.1) is 0 Å². The molecule has 0 aromatic carbocycles. The molecule has 0 aromatic rings. The van der Waals surface area contributed by atoms with Crippen LogP contribution in [0.15, 0.2) is 11.6 Å². The number of aldehydes is 1. The second kappa shape index (κ2) is 6.14. The number of rotatable bonds is 5. The molecule has 11 heavy (non-hydrogen) atoms. The lowest BCUT2D eigenvalue weighted by Crippen LogP contribution is -1.90. The first-order valence-corrected chi connectivity index (χ1v) is 4.38. The third-order valence-electron chi connectivity index (χ3n) is 2.04. The average Bonchev–Trinajstić information content (AvgIpc) is 2.06. The molecular weight excluding hydrogens is 136 g/mol. The van der Waals surface area contributed by atoms with Gasteiger partial charge in [0.2, 0.25) is 0 Å². The van der Waals surface area contributed by atoms with Gasteiger partial charge in [-0.3, -0.25) is 4.79 Å². The Labute approximate surface area is 69.5 Å². The van der Waals surface area contributed by atoms with Crippen LogP contribution >= 0.6 is 0 Å². The Morgan fingerprint density at radius 2 is 2.09 bits per heavy atom. The van der Waals surface area contributed by atoms with E-state index < -0.39 is 0 Å². The number of hydrogen-bond donors (Lipinski definition) is 0. The topological polar surface area (TPSA) is 17.1 Å². The van der Waals surface area contributed by atoms with Crippen LogP contribution in [0.25, 0.3) is 0 Å². The van der Waals surface area contributed by atoms with Gasteiger partial charge in [0, 0.05) is 0 Å². The van der Waals surface area contributed by atoms with Crippen molar-refractivity contribution in [3.05, 3.63) is 11.6 Å². The highest BCUT2D eigenvalue weighted by atomic mass is 16.1. The molecule has 0 N–H and O–H groups in total. The molecule has 0 heterocycles. The van der Waals surface area contributed by atoms with E-state index in [1.54, 1.807) is 0 Å². The van der Waals surface area contributed by atoms with Gasteiger partial charge in [0.1, 0.15) is 6.29 Å². The Balaban J connectivity index is 3.77. The Morgan fingerprint density at radius 3 is 2.45 bits per heavy atom. The van der Waals surface area contributed by atoms with E-state index in [1.165, 1.54) is 6.42 Å². The summed E-state index contributed by atoms with van der Waals surface area (Å²) in [5.74, 6) is 0.705. The van der Waals surface area contributed by atoms with Crippen molar-refractivity contribution in [1.82, 2.24) is 0 Å². The second-order valence-electron chi connectivity index (χ2n) is 3.00. The third-order valence-corrected chi connectivity index (χ3v) is 2.04. The van der Waals surface area contributed by atoms with Crippen molar-refractivity contribution >= 4 is 6.29 Å². The van der Waals surface area contributed by atoms with Gasteiger partial charge in [-0.05, 0) is 24.3 Å². The van der Waals surface area contributed by atoms with Crippen LogP contribution in [-0.4, -0.2) is 6.29 Å². The molecule has 0 rings (SSSR count). The summed E-state index contributed by atoms with van der Waals surface area (Å²) in [5, 5.41) is 0. The summed E-state index contributed by atoms with van der Waals surface area (Å²) in [7, 11) is 0. The second-order valence-corrected chi connectivity index (χ2v) is 3.00. The highest BCUT2D eigenvalue weighted by Crippen LogP contribution is 2.09. The minimum Gasteiger partial charge on any atom is -0.298 e. The lowest BCUT2D eigenvalue weighted by atomic mass is 10.0. The molecule has 0 fully saturated rings. The van der Waals surface area contributed by atoms with Crippen LogP contribution in [0.2, 0.25) is 0 Å². The van der Waals surface area contributed by atoms with Crippen molar-refractivity contribution in [3.8, 4) is 0 Å². The van der Waals surface area contributed by atoms with E-state index >= 15 is 0 Å². The van der Waals surface area contributed by atoms with Crippen molar-refractivity contribution in [2.24, 2.45) is 5.92 Å². The Hall–Kier alpha value is -0.590. The van der Waals surface area contributed by atoms with Crippen molar-refractivity contribution < 1.29 is 4.79 Å². The molecule has 0 amide bonds. The zero-order chi connectivity index (χ0) is 8.69. The molecule has 0 spiro atoms. The maximum atomic E-state index is 10.4. The maximum absolute atomic E-state index is 10.4. The van der Waals surface area contributed by atoms with E-state index in [2.05, 4.69) is 19.9 Å². The van der Waals surface area contributed by atoms with Crippen LogP contribution in [0.4, 0.5) is 0 Å². The monoisotopic (exact) mass is 154 g/mol. The van der Waals surface area contributed by atoms with Crippen LogP contribution < -0.4 is 0 Å². The highest BCUT2D eigenvalue weighted by Gasteiger charge is 1.96. The Morgan fingerprint density at radius 1 is 1.45 bits per heavy atom. The molecule has 0 radical (unpaired) electrons. The first-order valence-electron chi connectivity index (χ1n) is 4.38. The first kappa shape index (κ1) is 10.4. The fourth-order valence-corrected chi connectivity index (χ4v) is 0.795. The zero-order valence-corrected chi connectivity index (χ0v) is 7.76. The predicted octanol–water partition coefficient (Wildman–Crippen LogP) is 2.96. The summed E-state index contributed by atoms with van der Waals surface area (Å²) >= 11 is 0. The number of carbonyl (C=O) groups is 1. The smallest absolute Gasteiger partial charge is 0.145 e. The fourth-order valence-electron chi connectivity index (χ4n) is 0.795. The summed E-state index contributed by atoms with van der Waals surface area (Å²) in [6.45, 7) is 6.39. The van der Waals surface area contributed by atoms with Crippen LogP contribution in [0.3, 0.4) is 0 Å². The Kier molecular flexibility index (Phi) is 5.81. The van der Waals surface area contributed by atoms with E-state index in [0.29, 0.717) is 5.92 Å². The van der Waals surface area contributed by atoms with E-state index in [1.807, 2.05) is 6.92 Å². The van der Waals surface area contributed by atoms with E-state index in [0.717, 1.165) is 24.7 Å². The lowest BCUT2D eigenvalue weighted by molar-refractivity contribution is -0.105. The molecule has 0 saturated carbocycles. The van der Waals surface area contributed by atoms with Gasteiger partial charge in [0.05, 0.1) is 0 Å². The van der Waals surface area contributed by atoms with E-state index in [-0.39, 0.29) is 0 Å². The molecule has 1 atom stereocenters. The van der Waals surface area contributed by atoms with Gasteiger partial charge < -0.3 is 0 Å². The van der Waals surface area contributed by atoms with Crippen LogP contribution in [0.5, 0.6) is 0 Å². The van der Waals surface area contributed by atoms with Crippen LogP contribution in [0, 0.1) is 5.92 Å². The van der Waals surface area contributed by atoms with Gasteiger partial charge >= 0.3 is 0 Å². The number of allylic oxidation sites excluding steroid dienone is 2. The molecule has 1 nitrogen and oxygen atoms in total. The molecule has 0 aromatic heterocycles. The Bertz CT molecular complexity index is 136. The van der Waals surface area contributed by atoms with Gasteiger partial charge in [0.25, 0.3) is 0 Å². The van der Waals surface area contributed by atoms with Gasteiger partial charge in [0.15, 0.2) is 0 Å². The molecule has 0 aliphatic heterocycles. The minimum absolute atomic E-state index is 0.705. The van der Waals surface area contributed by atoms with Crippen molar-refractivity contribution in [3.63, 3.8) is 0 Å². The minimum atomic E-state index is 0.705. The molecule has 0 aliphatic carbocycles. The molecule has 1 unspecified atom stereocenters. The van der Waals surface area contributed by atoms with Crippen LogP contribution in [0.1, 0.15) is 40.0 Å². The van der Waals surface area contributed by atoms with E-state index in [4.69, 9.17) is 0 Å². The third kappa shape index (κ3) is 4.77. The summed E-state index contributed by atoms with van der Waals surface area (Å²) in [4.78, 5) is 10.4. The van der Waals surface area contributed by atoms with Crippen molar-refractivity contribution in [1.29, 1.82) is 0 Å². The van der Waals surface area contributed by atoms with Gasteiger partial charge in [-0.25, -0.2) is 0 Å². The fraction of sp³-hybridized carbons (Fsp3) is 0.700. The molecule has 0 saturated heterocycles. The summed E-state index contributed by atoms with van der Waals surface area (Å²) < 4.78 is 0. The standard InChI is InChI=1S/C10H18O/c1-4-9(3)6-7-10(5-2)8-11/h7-9H,4-6H2,1-3H3. The molecular formula is C10H18O. The van der Waals surface area contributed by atoms with E-state index in [9.17, 15) is 4.79 Å². The summed E-state index contributed by atoms with van der Waals surface area (Å²) in [5.41, 5.74) is 0.935. The number of carbonyl (C=O) groups excluding carboxylic acids is 1. The van der Waals surface area contributed by atoms with Crippen molar-refractivity contribution in [2.75, 3.05) is 0 Å². The normalized spacial score (nSPS) is 14.6. The van der Waals surface area contributed by atoms with Crippen LogP contribution in [-0.2, 0) is 4.79 Å². The average molecular weight is 154 g/mol. The molecule has 1 heteroatoms. The highest BCUT2D eigenvalue weighted by molar-refractivity contribution is 5.72. The SMILES string of the molecule is CCC(C=O)=CCC(C)CC. The van der Waals surface area contributed by atoms with Crippen molar-refractivity contribution in [2.45, 2.75) is 40.0 Å². The number of hydrogen-bond acceptors (Lipinski definition) is 1. The quantitative estimate of drug-likeness (QED) is 0.439. The van der Waals surface area contributed by atoms with Gasteiger partial charge in [-0.1, -0.05) is 33.3 Å². The largest absolute Gasteiger partial charge is 0.298 e. The lowest BCUT2D eigenvalue weighted by Gasteiger charge is -2.03. The predicted molar refractivity (Wildman–Crippen MR) is 48.5 cm³/mol. The first-order chi connectivity index (χ1) is 5.24. The molecule has 0 aliphatic rings.